The van der Waals surface area contributed by atoms with Crippen molar-refractivity contribution in [2.24, 2.45) is 0 Å². The number of benzene rings is 1. The van der Waals surface area contributed by atoms with Crippen LogP contribution in [0.3, 0.4) is 0 Å². The van der Waals surface area contributed by atoms with Crippen LogP contribution in [0.25, 0.3) is 0 Å². The molecule has 0 heterocycles. The summed E-state index contributed by atoms with van der Waals surface area (Å²) in [5.74, 6) is 1.20. The van der Waals surface area contributed by atoms with Crippen molar-refractivity contribution >= 4 is 0 Å². The number of ether oxygens (including phenoxy) is 1. The Bertz CT molecular complexity index is 466. The second-order valence-electron chi connectivity index (χ2n) is 4.34. The molecule has 96 valence electrons. The van der Waals surface area contributed by atoms with E-state index in [-0.39, 0.29) is 5.92 Å². The standard InChI is InChI=1S/C17H22O/c1-6-13(3)12-15(7-2)14(4)16-10-8-9-11-17(16)18-5/h6-12,14H,2H2,1,3-5H3/b13-6-,15-12+. The Morgan fingerprint density at radius 2 is 2.00 bits per heavy atom. The van der Waals surface area contributed by atoms with E-state index >= 15 is 0 Å². The molecule has 0 aliphatic rings. The van der Waals surface area contributed by atoms with E-state index in [1.807, 2.05) is 31.2 Å². The maximum absolute atomic E-state index is 5.42. The fourth-order valence-electron chi connectivity index (χ4n) is 1.91. The zero-order valence-electron chi connectivity index (χ0n) is 11.7. The summed E-state index contributed by atoms with van der Waals surface area (Å²) in [6.45, 7) is 10.2. The Labute approximate surface area is 110 Å². The van der Waals surface area contributed by atoms with Gasteiger partial charge in [-0.25, -0.2) is 0 Å². The van der Waals surface area contributed by atoms with Crippen LogP contribution in [-0.4, -0.2) is 7.11 Å². The monoisotopic (exact) mass is 242 g/mol. The van der Waals surface area contributed by atoms with E-state index in [0.717, 1.165) is 5.75 Å². The molecule has 1 atom stereocenters. The average Bonchev–Trinajstić information content (AvgIpc) is 2.43. The SMILES string of the molecule is C=C/C(=C\C(C)=C/C)C(C)c1ccccc1OC. The molecule has 0 saturated carbocycles. The highest BCUT2D eigenvalue weighted by molar-refractivity contribution is 5.44. The van der Waals surface area contributed by atoms with E-state index in [2.05, 4.69) is 38.6 Å². The van der Waals surface area contributed by atoms with Gasteiger partial charge < -0.3 is 4.74 Å². The molecule has 1 unspecified atom stereocenters. The first-order valence-electron chi connectivity index (χ1n) is 6.23. The summed E-state index contributed by atoms with van der Waals surface area (Å²) < 4.78 is 5.42. The number of rotatable bonds is 5. The molecule has 0 fully saturated rings. The summed E-state index contributed by atoms with van der Waals surface area (Å²) in [6.07, 6.45) is 6.19. The van der Waals surface area contributed by atoms with E-state index in [4.69, 9.17) is 4.74 Å². The molecule has 1 nitrogen and oxygen atoms in total. The summed E-state index contributed by atoms with van der Waals surface area (Å²) in [5.41, 5.74) is 3.64. The molecule has 0 aliphatic carbocycles. The summed E-state index contributed by atoms with van der Waals surface area (Å²) in [6, 6.07) is 8.13. The van der Waals surface area contributed by atoms with Crippen LogP contribution in [0.15, 0.2) is 60.2 Å². The minimum Gasteiger partial charge on any atom is -0.496 e. The summed E-state index contributed by atoms with van der Waals surface area (Å²) >= 11 is 0. The quantitative estimate of drug-likeness (QED) is 0.669. The molecular formula is C17H22O. The first-order valence-corrected chi connectivity index (χ1v) is 6.23. The van der Waals surface area contributed by atoms with Gasteiger partial charge in [0.25, 0.3) is 0 Å². The van der Waals surface area contributed by atoms with Gasteiger partial charge in [0.1, 0.15) is 5.75 Å². The predicted octanol–water partition coefficient (Wildman–Crippen LogP) is 4.88. The van der Waals surface area contributed by atoms with Gasteiger partial charge in [0, 0.05) is 11.5 Å². The van der Waals surface area contributed by atoms with Crippen molar-refractivity contribution in [3.05, 3.63) is 65.8 Å². The van der Waals surface area contributed by atoms with Crippen molar-refractivity contribution < 1.29 is 4.74 Å². The van der Waals surface area contributed by atoms with Crippen LogP contribution < -0.4 is 4.74 Å². The van der Waals surface area contributed by atoms with Gasteiger partial charge in [-0.15, -0.1) is 0 Å². The van der Waals surface area contributed by atoms with E-state index in [0.29, 0.717) is 0 Å². The van der Waals surface area contributed by atoms with Crippen LogP contribution in [0.1, 0.15) is 32.3 Å². The first kappa shape index (κ1) is 14.3. The van der Waals surface area contributed by atoms with E-state index in [1.165, 1.54) is 16.7 Å². The Balaban J connectivity index is 3.15. The molecule has 0 spiro atoms. The molecule has 1 aromatic carbocycles. The van der Waals surface area contributed by atoms with Gasteiger partial charge in [0.15, 0.2) is 0 Å². The maximum Gasteiger partial charge on any atom is 0.122 e. The molecule has 0 N–H and O–H groups in total. The average molecular weight is 242 g/mol. The lowest BCUT2D eigenvalue weighted by Crippen LogP contribution is -1.99. The summed E-state index contributed by atoms with van der Waals surface area (Å²) in [7, 11) is 1.71. The molecule has 1 aromatic rings. The van der Waals surface area contributed by atoms with Gasteiger partial charge in [-0.3, -0.25) is 0 Å². The number of hydrogen-bond donors (Lipinski definition) is 0. The van der Waals surface area contributed by atoms with Crippen LogP contribution in [0, 0.1) is 0 Å². The second-order valence-corrected chi connectivity index (χ2v) is 4.34. The minimum absolute atomic E-state index is 0.272. The highest BCUT2D eigenvalue weighted by Gasteiger charge is 2.13. The van der Waals surface area contributed by atoms with Crippen LogP contribution in [-0.2, 0) is 0 Å². The zero-order chi connectivity index (χ0) is 13.5. The van der Waals surface area contributed by atoms with Crippen molar-refractivity contribution in [1.82, 2.24) is 0 Å². The predicted molar refractivity (Wildman–Crippen MR) is 79.1 cm³/mol. The molecule has 1 heteroatoms. The summed E-state index contributed by atoms with van der Waals surface area (Å²) in [5, 5.41) is 0. The topological polar surface area (TPSA) is 9.23 Å². The zero-order valence-corrected chi connectivity index (χ0v) is 11.7. The van der Waals surface area contributed by atoms with E-state index < -0.39 is 0 Å². The van der Waals surface area contributed by atoms with Gasteiger partial charge in [-0.05, 0) is 25.5 Å². The van der Waals surface area contributed by atoms with Crippen LogP contribution in [0.2, 0.25) is 0 Å². The molecule has 0 radical (unpaired) electrons. The molecule has 0 bridgehead atoms. The number of hydrogen-bond acceptors (Lipinski definition) is 1. The van der Waals surface area contributed by atoms with Crippen LogP contribution in [0.5, 0.6) is 5.75 Å². The van der Waals surface area contributed by atoms with Gasteiger partial charge >= 0.3 is 0 Å². The smallest absolute Gasteiger partial charge is 0.122 e. The largest absolute Gasteiger partial charge is 0.496 e. The van der Waals surface area contributed by atoms with Gasteiger partial charge in [0.05, 0.1) is 7.11 Å². The van der Waals surface area contributed by atoms with Crippen molar-refractivity contribution in [2.45, 2.75) is 26.7 Å². The number of methoxy groups -OCH3 is 1. The number of para-hydroxylation sites is 1. The van der Waals surface area contributed by atoms with Crippen LogP contribution in [0.4, 0.5) is 0 Å². The third-order valence-corrected chi connectivity index (χ3v) is 3.19. The maximum atomic E-state index is 5.42. The fourth-order valence-corrected chi connectivity index (χ4v) is 1.91. The van der Waals surface area contributed by atoms with Crippen molar-refractivity contribution in [2.75, 3.05) is 7.11 Å². The molecule has 0 amide bonds. The minimum atomic E-state index is 0.272. The highest BCUT2D eigenvalue weighted by atomic mass is 16.5. The van der Waals surface area contributed by atoms with Crippen LogP contribution >= 0.6 is 0 Å². The second kappa shape index (κ2) is 6.85. The fraction of sp³-hybridized carbons (Fsp3) is 0.294. The summed E-state index contributed by atoms with van der Waals surface area (Å²) in [4.78, 5) is 0. The molecule has 1 rings (SSSR count). The Hall–Kier alpha value is -1.76. The Morgan fingerprint density at radius 1 is 1.33 bits per heavy atom. The van der Waals surface area contributed by atoms with Crippen molar-refractivity contribution in [3.63, 3.8) is 0 Å². The van der Waals surface area contributed by atoms with Gasteiger partial charge in [-0.1, -0.05) is 55.5 Å². The third-order valence-electron chi connectivity index (χ3n) is 3.19. The lowest BCUT2D eigenvalue weighted by molar-refractivity contribution is 0.408. The lowest BCUT2D eigenvalue weighted by atomic mass is 9.91. The Morgan fingerprint density at radius 3 is 2.56 bits per heavy atom. The normalized spacial score (nSPS) is 14.2. The van der Waals surface area contributed by atoms with E-state index in [1.54, 1.807) is 7.11 Å². The molecule has 0 aromatic heterocycles. The van der Waals surface area contributed by atoms with Gasteiger partial charge in [0.2, 0.25) is 0 Å². The van der Waals surface area contributed by atoms with Crippen molar-refractivity contribution in [1.29, 1.82) is 0 Å². The molecular weight excluding hydrogens is 220 g/mol. The van der Waals surface area contributed by atoms with E-state index in [9.17, 15) is 0 Å². The highest BCUT2D eigenvalue weighted by Crippen LogP contribution is 2.32. The number of allylic oxidation sites excluding steroid dienone is 5. The first-order chi connectivity index (χ1) is 8.63. The molecule has 0 aliphatic heterocycles. The van der Waals surface area contributed by atoms with Crippen molar-refractivity contribution in [3.8, 4) is 5.75 Å². The molecule has 18 heavy (non-hydrogen) atoms. The Kier molecular flexibility index (Phi) is 5.44. The molecule has 0 saturated heterocycles. The van der Waals surface area contributed by atoms with Gasteiger partial charge in [-0.2, -0.15) is 0 Å². The lowest BCUT2D eigenvalue weighted by Gasteiger charge is -2.17. The third kappa shape index (κ3) is 3.36.